The minimum Gasteiger partial charge on any atom is -0.507 e. The minimum absolute atomic E-state index is 0.0591. The summed E-state index contributed by atoms with van der Waals surface area (Å²) in [5, 5.41) is 22.2. The average molecular weight is 459 g/mol. The lowest BCUT2D eigenvalue weighted by atomic mass is 9.91. The summed E-state index contributed by atoms with van der Waals surface area (Å²) in [6.07, 6.45) is 13.1. The standard InChI is InChI=1S/C30H34O4/c1-20(2)10-9-11-21(3)14-16-23-27(32)24-18-19-30(4,5)34-29(24)26(28(23)33)25(31)17-15-22-12-7-6-8-13-22/h6-8,10,12-15,17-19,32-33H,9,11,16H2,1-5H3/b17-15+,21-14+. The largest absolute Gasteiger partial charge is 0.507 e. The molecule has 0 radical (unpaired) electrons. The van der Waals surface area contributed by atoms with E-state index in [1.54, 1.807) is 12.2 Å². The van der Waals surface area contributed by atoms with Crippen LogP contribution < -0.4 is 4.74 Å². The summed E-state index contributed by atoms with van der Waals surface area (Å²) < 4.78 is 6.06. The number of allylic oxidation sites excluding steroid dienone is 5. The molecule has 1 aliphatic rings. The van der Waals surface area contributed by atoms with Gasteiger partial charge in [0.15, 0.2) is 5.78 Å². The van der Waals surface area contributed by atoms with E-state index in [1.165, 1.54) is 11.6 Å². The molecule has 2 N–H and O–H groups in total. The van der Waals surface area contributed by atoms with Gasteiger partial charge in [0, 0.05) is 5.56 Å². The Hall–Kier alpha value is -3.53. The van der Waals surface area contributed by atoms with Crippen molar-refractivity contribution in [2.45, 2.75) is 59.5 Å². The molecule has 0 aromatic heterocycles. The molecule has 0 atom stereocenters. The van der Waals surface area contributed by atoms with Gasteiger partial charge in [-0.2, -0.15) is 0 Å². The Morgan fingerprint density at radius 3 is 2.41 bits per heavy atom. The summed E-state index contributed by atoms with van der Waals surface area (Å²) in [5.74, 6) is -0.470. The summed E-state index contributed by atoms with van der Waals surface area (Å²) in [6.45, 7) is 9.90. The number of aromatic hydroxyl groups is 2. The molecule has 0 spiro atoms. The van der Waals surface area contributed by atoms with E-state index in [9.17, 15) is 15.0 Å². The molecule has 0 fully saturated rings. The van der Waals surface area contributed by atoms with Gasteiger partial charge in [0.1, 0.15) is 28.4 Å². The van der Waals surface area contributed by atoms with Crippen molar-refractivity contribution >= 4 is 17.9 Å². The first-order valence-electron chi connectivity index (χ1n) is 11.6. The van der Waals surface area contributed by atoms with E-state index in [2.05, 4.69) is 19.9 Å². The monoisotopic (exact) mass is 458 g/mol. The van der Waals surface area contributed by atoms with Crippen molar-refractivity contribution in [3.8, 4) is 17.2 Å². The number of hydrogen-bond donors (Lipinski definition) is 2. The van der Waals surface area contributed by atoms with Crippen LogP contribution in [0.2, 0.25) is 0 Å². The summed E-state index contributed by atoms with van der Waals surface area (Å²) in [4.78, 5) is 13.3. The number of carbonyl (C=O) groups is 1. The highest BCUT2D eigenvalue weighted by molar-refractivity contribution is 6.12. The third-order valence-corrected chi connectivity index (χ3v) is 5.77. The van der Waals surface area contributed by atoms with Gasteiger partial charge in [0.2, 0.25) is 0 Å². The molecule has 0 bridgehead atoms. The Morgan fingerprint density at radius 2 is 1.74 bits per heavy atom. The van der Waals surface area contributed by atoms with Crippen LogP contribution in [0.3, 0.4) is 0 Å². The van der Waals surface area contributed by atoms with Crippen molar-refractivity contribution in [1.29, 1.82) is 0 Å². The maximum absolute atomic E-state index is 13.3. The van der Waals surface area contributed by atoms with Gasteiger partial charge in [0.25, 0.3) is 0 Å². The Morgan fingerprint density at radius 1 is 1.03 bits per heavy atom. The highest BCUT2D eigenvalue weighted by Gasteiger charge is 2.32. The SMILES string of the molecule is CC(C)=CCC/C(C)=C/Cc1c(O)c2c(c(C(=O)/C=C/c3ccccc3)c1O)OC(C)(C)C=C2. The number of rotatable bonds is 8. The van der Waals surface area contributed by atoms with E-state index >= 15 is 0 Å². The molecule has 1 aliphatic heterocycles. The van der Waals surface area contributed by atoms with E-state index in [4.69, 9.17) is 4.74 Å². The van der Waals surface area contributed by atoms with Crippen molar-refractivity contribution in [2.75, 3.05) is 0 Å². The molecule has 0 saturated carbocycles. The number of hydrogen-bond acceptors (Lipinski definition) is 4. The van der Waals surface area contributed by atoms with Crippen molar-refractivity contribution in [1.82, 2.24) is 0 Å². The van der Waals surface area contributed by atoms with Crippen LogP contribution in [0.4, 0.5) is 0 Å². The molecule has 2 aromatic carbocycles. The Bertz CT molecular complexity index is 1170. The third kappa shape index (κ3) is 6.07. The molecule has 0 amide bonds. The number of phenols is 2. The second kappa shape index (κ2) is 10.6. The molecular formula is C30H34O4. The van der Waals surface area contributed by atoms with Crippen molar-refractivity contribution in [3.63, 3.8) is 0 Å². The number of ketones is 1. The topological polar surface area (TPSA) is 66.8 Å². The highest BCUT2D eigenvalue weighted by atomic mass is 16.5. The Balaban J connectivity index is 2.02. The molecule has 4 nitrogen and oxygen atoms in total. The molecule has 178 valence electrons. The maximum Gasteiger partial charge on any atom is 0.193 e. The molecule has 4 heteroatoms. The Labute approximate surface area is 202 Å². The summed E-state index contributed by atoms with van der Waals surface area (Å²) in [5.41, 5.74) is 3.44. The van der Waals surface area contributed by atoms with E-state index in [0.717, 1.165) is 24.0 Å². The van der Waals surface area contributed by atoms with Crippen LogP contribution in [-0.4, -0.2) is 21.6 Å². The predicted octanol–water partition coefficient (Wildman–Crippen LogP) is 7.41. The zero-order valence-corrected chi connectivity index (χ0v) is 20.7. The molecule has 1 heterocycles. The average Bonchev–Trinajstić information content (AvgIpc) is 2.77. The van der Waals surface area contributed by atoms with Gasteiger partial charge in [0.05, 0.1) is 5.56 Å². The lowest BCUT2D eigenvalue weighted by molar-refractivity contribution is 0.103. The fraction of sp³-hybridized carbons (Fsp3) is 0.300. The van der Waals surface area contributed by atoms with Crippen LogP contribution >= 0.6 is 0 Å². The second-order valence-electron chi connectivity index (χ2n) is 9.52. The van der Waals surface area contributed by atoms with Crippen LogP contribution in [0.15, 0.2) is 65.8 Å². The van der Waals surface area contributed by atoms with Crippen LogP contribution in [-0.2, 0) is 6.42 Å². The fourth-order valence-corrected chi connectivity index (χ4v) is 3.83. The predicted molar refractivity (Wildman–Crippen MR) is 139 cm³/mol. The third-order valence-electron chi connectivity index (χ3n) is 5.77. The van der Waals surface area contributed by atoms with Crippen molar-refractivity contribution in [2.24, 2.45) is 0 Å². The highest BCUT2D eigenvalue weighted by Crippen LogP contribution is 2.47. The molecule has 2 aromatic rings. The van der Waals surface area contributed by atoms with Crippen LogP contribution in [0.5, 0.6) is 17.2 Å². The number of fused-ring (bicyclic) bond motifs is 1. The number of phenolic OH excluding ortho intramolecular Hbond substituents is 2. The van der Waals surface area contributed by atoms with E-state index in [1.807, 2.05) is 63.3 Å². The smallest absolute Gasteiger partial charge is 0.193 e. The molecular weight excluding hydrogens is 424 g/mol. The normalized spacial score (nSPS) is 14.6. The lowest BCUT2D eigenvalue weighted by Crippen LogP contribution is -2.28. The van der Waals surface area contributed by atoms with Crippen molar-refractivity contribution < 1.29 is 19.7 Å². The van der Waals surface area contributed by atoms with Gasteiger partial charge < -0.3 is 14.9 Å². The van der Waals surface area contributed by atoms with E-state index in [-0.39, 0.29) is 28.6 Å². The zero-order valence-electron chi connectivity index (χ0n) is 20.7. The van der Waals surface area contributed by atoms with Gasteiger partial charge in [-0.25, -0.2) is 0 Å². The maximum atomic E-state index is 13.3. The Kier molecular flexibility index (Phi) is 7.83. The van der Waals surface area contributed by atoms with Gasteiger partial charge >= 0.3 is 0 Å². The minimum atomic E-state index is -0.674. The molecule has 0 unspecified atom stereocenters. The second-order valence-corrected chi connectivity index (χ2v) is 9.52. The molecule has 0 saturated heterocycles. The summed E-state index contributed by atoms with van der Waals surface area (Å²) in [6, 6.07) is 9.49. The van der Waals surface area contributed by atoms with Gasteiger partial charge in [-0.3, -0.25) is 4.79 Å². The lowest BCUT2D eigenvalue weighted by Gasteiger charge is -2.30. The molecule has 0 aliphatic carbocycles. The van der Waals surface area contributed by atoms with Crippen molar-refractivity contribution in [3.05, 3.63) is 88.0 Å². The first-order valence-corrected chi connectivity index (χ1v) is 11.6. The number of ether oxygens (including phenoxy) is 1. The van der Waals surface area contributed by atoms with Gasteiger partial charge in [-0.05, 0) is 77.7 Å². The van der Waals surface area contributed by atoms with Crippen LogP contribution in [0.1, 0.15) is 74.5 Å². The quantitative estimate of drug-likeness (QED) is 0.245. The first kappa shape index (κ1) is 25.1. The van der Waals surface area contributed by atoms with Gasteiger partial charge in [-0.1, -0.05) is 59.7 Å². The van der Waals surface area contributed by atoms with Gasteiger partial charge in [-0.15, -0.1) is 0 Å². The molecule has 3 rings (SSSR count). The number of carbonyl (C=O) groups excluding carboxylic acids is 1. The summed E-state index contributed by atoms with van der Waals surface area (Å²) in [7, 11) is 0. The number of benzene rings is 2. The van der Waals surface area contributed by atoms with Crippen LogP contribution in [0, 0.1) is 0 Å². The summed E-state index contributed by atoms with van der Waals surface area (Å²) >= 11 is 0. The van der Waals surface area contributed by atoms with E-state index in [0.29, 0.717) is 17.5 Å². The van der Waals surface area contributed by atoms with E-state index < -0.39 is 5.60 Å². The fourth-order valence-electron chi connectivity index (χ4n) is 3.83. The zero-order chi connectivity index (χ0) is 24.9. The first-order chi connectivity index (χ1) is 16.1. The molecule has 34 heavy (non-hydrogen) atoms. The van der Waals surface area contributed by atoms with Crippen LogP contribution in [0.25, 0.3) is 12.2 Å².